The van der Waals surface area contributed by atoms with E-state index in [0.29, 0.717) is 23.1 Å². The Kier molecular flexibility index (Phi) is 7.08. The van der Waals surface area contributed by atoms with Gasteiger partial charge in [-0.05, 0) is 37.6 Å². The van der Waals surface area contributed by atoms with E-state index in [0.717, 1.165) is 4.88 Å². The Labute approximate surface area is 187 Å². The van der Waals surface area contributed by atoms with Crippen molar-refractivity contribution in [2.75, 3.05) is 21.1 Å². The molecule has 0 unspecified atom stereocenters. The lowest BCUT2D eigenvalue weighted by atomic mass is 10.1. The molecule has 0 saturated carbocycles. The molecule has 31 heavy (non-hydrogen) atoms. The van der Waals surface area contributed by atoms with Crippen LogP contribution in [0.3, 0.4) is 0 Å². The highest BCUT2D eigenvalue weighted by Gasteiger charge is 2.22. The number of sulfonamides is 1. The zero-order valence-corrected chi connectivity index (χ0v) is 19.0. The SMILES string of the molecule is CCCS(=O)(=O)Nc1ccc(Cl)c(C(=O)Nc2ccc(Nc3ncc(C)s3)nc2)c1F. The first kappa shape index (κ1) is 22.9. The molecule has 0 aliphatic heterocycles. The molecule has 0 spiro atoms. The predicted molar refractivity (Wildman–Crippen MR) is 121 cm³/mol. The Bertz CT molecular complexity index is 1200. The minimum Gasteiger partial charge on any atom is -0.320 e. The molecular weight excluding hydrogens is 465 g/mol. The number of benzene rings is 1. The Morgan fingerprint density at radius 2 is 1.97 bits per heavy atom. The highest BCUT2D eigenvalue weighted by molar-refractivity contribution is 7.92. The molecule has 2 heterocycles. The topological polar surface area (TPSA) is 113 Å². The van der Waals surface area contributed by atoms with Crippen molar-refractivity contribution in [3.8, 4) is 0 Å². The number of aromatic nitrogens is 2. The fourth-order valence-electron chi connectivity index (χ4n) is 2.58. The van der Waals surface area contributed by atoms with E-state index in [9.17, 15) is 17.6 Å². The van der Waals surface area contributed by atoms with Gasteiger partial charge in [0.25, 0.3) is 5.91 Å². The van der Waals surface area contributed by atoms with Crippen molar-refractivity contribution in [3.05, 3.63) is 57.9 Å². The van der Waals surface area contributed by atoms with Crippen molar-refractivity contribution in [2.45, 2.75) is 20.3 Å². The number of halogens is 2. The first-order valence-electron chi connectivity index (χ1n) is 9.14. The maximum Gasteiger partial charge on any atom is 0.260 e. The number of carbonyl (C=O) groups is 1. The maximum absolute atomic E-state index is 14.9. The Morgan fingerprint density at radius 1 is 1.19 bits per heavy atom. The van der Waals surface area contributed by atoms with Crippen LogP contribution < -0.4 is 15.4 Å². The van der Waals surface area contributed by atoms with Gasteiger partial charge >= 0.3 is 0 Å². The van der Waals surface area contributed by atoms with E-state index in [2.05, 4.69) is 25.3 Å². The number of pyridine rings is 1. The van der Waals surface area contributed by atoms with Crippen LogP contribution in [0.5, 0.6) is 0 Å². The van der Waals surface area contributed by atoms with E-state index < -0.39 is 27.3 Å². The second kappa shape index (κ2) is 9.58. The van der Waals surface area contributed by atoms with Crippen LogP contribution in [0.15, 0.2) is 36.7 Å². The quantitative estimate of drug-likeness (QED) is 0.424. The molecule has 0 fully saturated rings. The van der Waals surface area contributed by atoms with Crippen LogP contribution in [0, 0.1) is 12.7 Å². The lowest BCUT2D eigenvalue weighted by Gasteiger charge is -2.13. The summed E-state index contributed by atoms with van der Waals surface area (Å²) in [6.07, 6.45) is 3.48. The number of aryl methyl sites for hydroxylation is 1. The van der Waals surface area contributed by atoms with Crippen LogP contribution >= 0.6 is 22.9 Å². The van der Waals surface area contributed by atoms with Crippen molar-refractivity contribution in [1.29, 1.82) is 0 Å². The van der Waals surface area contributed by atoms with E-state index in [1.54, 1.807) is 25.3 Å². The fraction of sp³-hybridized carbons (Fsp3) is 0.211. The fourth-order valence-corrected chi connectivity index (χ4v) is 4.62. The van der Waals surface area contributed by atoms with Gasteiger partial charge in [0.1, 0.15) is 5.82 Å². The number of hydrogen-bond acceptors (Lipinski definition) is 7. The van der Waals surface area contributed by atoms with Gasteiger partial charge in [-0.25, -0.2) is 22.8 Å². The molecule has 0 bridgehead atoms. The van der Waals surface area contributed by atoms with Gasteiger partial charge in [-0.2, -0.15) is 0 Å². The van der Waals surface area contributed by atoms with Crippen molar-refractivity contribution in [1.82, 2.24) is 9.97 Å². The summed E-state index contributed by atoms with van der Waals surface area (Å²) in [6.45, 7) is 3.62. The summed E-state index contributed by atoms with van der Waals surface area (Å²) in [7, 11) is -3.74. The number of amides is 1. The summed E-state index contributed by atoms with van der Waals surface area (Å²) in [5.74, 6) is -1.56. The Balaban J connectivity index is 1.76. The standard InChI is InChI=1S/C19H19ClFN5O3S2/c1-3-8-31(28,29)26-14-6-5-13(20)16(17(14)21)18(27)24-12-4-7-15(22-10-12)25-19-23-9-11(2)30-19/h4-7,9-10,26H,3,8H2,1-2H3,(H,24,27)(H,22,23,25). The second-order valence-corrected chi connectivity index (χ2v) is 9.98. The lowest BCUT2D eigenvalue weighted by Crippen LogP contribution is -2.20. The van der Waals surface area contributed by atoms with E-state index in [-0.39, 0.29) is 16.5 Å². The largest absolute Gasteiger partial charge is 0.320 e. The van der Waals surface area contributed by atoms with Gasteiger partial charge in [0.2, 0.25) is 10.0 Å². The van der Waals surface area contributed by atoms with Gasteiger partial charge in [-0.3, -0.25) is 9.52 Å². The van der Waals surface area contributed by atoms with Gasteiger partial charge in [-0.15, -0.1) is 11.3 Å². The molecule has 2 aromatic heterocycles. The number of carbonyl (C=O) groups excluding carboxylic acids is 1. The number of thiazole rings is 1. The van der Waals surface area contributed by atoms with Crippen LogP contribution in [0.1, 0.15) is 28.6 Å². The van der Waals surface area contributed by atoms with Crippen LogP contribution in [0.2, 0.25) is 5.02 Å². The van der Waals surface area contributed by atoms with Gasteiger partial charge in [-0.1, -0.05) is 18.5 Å². The number of nitrogens with zero attached hydrogens (tertiary/aromatic N) is 2. The zero-order chi connectivity index (χ0) is 22.6. The van der Waals surface area contributed by atoms with Crippen LogP contribution in [-0.2, 0) is 10.0 Å². The number of hydrogen-bond donors (Lipinski definition) is 3. The Morgan fingerprint density at radius 3 is 2.58 bits per heavy atom. The molecule has 164 valence electrons. The number of rotatable bonds is 8. The minimum absolute atomic E-state index is 0.154. The predicted octanol–water partition coefficient (Wildman–Crippen LogP) is 4.79. The van der Waals surface area contributed by atoms with Crippen LogP contribution in [0.4, 0.5) is 26.7 Å². The van der Waals surface area contributed by atoms with E-state index in [1.807, 2.05) is 6.92 Å². The minimum atomic E-state index is -3.74. The molecule has 8 nitrogen and oxygen atoms in total. The number of nitrogens with one attached hydrogen (secondary N) is 3. The smallest absolute Gasteiger partial charge is 0.260 e. The molecular formula is C19H19ClFN5O3S2. The van der Waals surface area contributed by atoms with Crippen molar-refractivity contribution in [3.63, 3.8) is 0 Å². The third kappa shape index (κ3) is 5.90. The summed E-state index contributed by atoms with van der Waals surface area (Å²) in [5.41, 5.74) is -0.517. The lowest BCUT2D eigenvalue weighted by molar-refractivity contribution is 0.102. The molecule has 0 saturated heterocycles. The molecule has 3 rings (SSSR count). The molecule has 0 atom stereocenters. The second-order valence-electron chi connectivity index (χ2n) is 6.49. The summed E-state index contributed by atoms with van der Waals surface area (Å²) in [5, 5.41) is 6.06. The molecule has 12 heteroatoms. The van der Waals surface area contributed by atoms with E-state index in [1.165, 1.54) is 29.7 Å². The van der Waals surface area contributed by atoms with Gasteiger partial charge < -0.3 is 10.6 Å². The van der Waals surface area contributed by atoms with Gasteiger partial charge in [0.15, 0.2) is 10.9 Å². The molecule has 1 amide bonds. The molecule has 3 N–H and O–H groups in total. The molecule has 0 aliphatic carbocycles. The molecule has 1 aromatic carbocycles. The first-order valence-corrected chi connectivity index (χ1v) is 12.0. The van der Waals surface area contributed by atoms with Gasteiger partial charge in [0, 0.05) is 11.1 Å². The van der Waals surface area contributed by atoms with Crippen LogP contribution in [-0.4, -0.2) is 30.0 Å². The first-order chi connectivity index (χ1) is 14.7. The number of anilines is 4. The normalized spacial score (nSPS) is 11.2. The molecule has 0 radical (unpaired) electrons. The third-order valence-electron chi connectivity index (χ3n) is 3.93. The van der Waals surface area contributed by atoms with Crippen molar-refractivity contribution in [2.24, 2.45) is 0 Å². The highest BCUT2D eigenvalue weighted by atomic mass is 35.5. The Hall–Kier alpha value is -2.76. The third-order valence-corrected chi connectivity index (χ3v) is 6.55. The summed E-state index contributed by atoms with van der Waals surface area (Å²) < 4.78 is 40.9. The average molecular weight is 484 g/mol. The zero-order valence-electron chi connectivity index (χ0n) is 16.6. The van der Waals surface area contributed by atoms with Crippen molar-refractivity contribution >= 4 is 61.2 Å². The van der Waals surface area contributed by atoms with E-state index in [4.69, 9.17) is 11.6 Å². The summed E-state index contributed by atoms with van der Waals surface area (Å²) >= 11 is 7.47. The van der Waals surface area contributed by atoms with E-state index >= 15 is 0 Å². The van der Waals surface area contributed by atoms with Crippen LogP contribution in [0.25, 0.3) is 0 Å². The summed E-state index contributed by atoms with van der Waals surface area (Å²) in [4.78, 5) is 22.0. The molecule has 3 aromatic rings. The monoisotopic (exact) mass is 483 g/mol. The average Bonchev–Trinajstić information content (AvgIpc) is 3.10. The summed E-state index contributed by atoms with van der Waals surface area (Å²) in [6, 6.07) is 5.63. The maximum atomic E-state index is 14.9. The highest BCUT2D eigenvalue weighted by Crippen LogP contribution is 2.28. The molecule has 0 aliphatic rings. The van der Waals surface area contributed by atoms with Crippen molar-refractivity contribution < 1.29 is 17.6 Å². The van der Waals surface area contributed by atoms with Gasteiger partial charge in [0.05, 0.1) is 33.9 Å².